The molecule has 144 valence electrons. The van der Waals surface area contributed by atoms with Gasteiger partial charge < -0.3 is 0 Å². The topological polar surface area (TPSA) is 61.8 Å². The monoisotopic (exact) mass is 471 g/mol. The second-order valence-corrected chi connectivity index (χ2v) is 8.90. The van der Waals surface area contributed by atoms with Crippen LogP contribution in [-0.2, 0) is 11.2 Å². The van der Waals surface area contributed by atoms with Gasteiger partial charge in [0.15, 0.2) is 0 Å². The van der Waals surface area contributed by atoms with Gasteiger partial charge in [-0.1, -0.05) is 0 Å². The van der Waals surface area contributed by atoms with Gasteiger partial charge in [-0.2, -0.15) is 0 Å². The summed E-state index contributed by atoms with van der Waals surface area (Å²) in [6.45, 7) is 6.10. The maximum absolute atomic E-state index is 12.7. The molecule has 2 N–H and O–H groups in total. The van der Waals surface area contributed by atoms with Crippen LogP contribution in [0.3, 0.4) is 0 Å². The third-order valence-electron chi connectivity index (χ3n) is 4.81. The minimum absolute atomic E-state index is 0.0437. The fourth-order valence-electron chi connectivity index (χ4n) is 3.42. The molecule has 0 saturated carbocycles. The molecule has 1 aromatic carbocycles. The van der Waals surface area contributed by atoms with Crippen molar-refractivity contribution < 1.29 is 35.6 Å². The summed E-state index contributed by atoms with van der Waals surface area (Å²) in [7, 11) is 1.95. The summed E-state index contributed by atoms with van der Waals surface area (Å²) < 4.78 is 7.06. The number of halogens is 1. The van der Waals surface area contributed by atoms with Crippen LogP contribution in [0.25, 0.3) is 0 Å². The molecule has 2 radical (unpaired) electrons. The predicted octanol–water partition coefficient (Wildman–Crippen LogP) is -1.49. The van der Waals surface area contributed by atoms with Gasteiger partial charge in [0.05, 0.1) is 0 Å². The number of alkyl halides is 1. The van der Waals surface area contributed by atoms with Gasteiger partial charge in [0.1, 0.15) is 0 Å². The molecule has 0 fully saturated rings. The van der Waals surface area contributed by atoms with E-state index in [2.05, 4.69) is 12.2 Å². The first-order valence-electron chi connectivity index (χ1n) is 9.12. The Balaban J connectivity index is 2.39. The number of aliphatic hydroxyl groups is 1. The number of rotatable bonds is 7. The number of amides is 1. The van der Waals surface area contributed by atoms with Crippen LogP contribution in [0.5, 0.6) is 5.75 Å². The molecule has 7 heteroatoms. The van der Waals surface area contributed by atoms with Crippen LogP contribution >= 0.6 is 0 Å². The van der Waals surface area contributed by atoms with Crippen LogP contribution in [0.4, 0.5) is 5.69 Å². The van der Waals surface area contributed by atoms with E-state index in [1.807, 2.05) is 44.0 Å². The van der Waals surface area contributed by atoms with Crippen LogP contribution in [0, 0.1) is 5.92 Å². The molecular weight excluding hydrogens is 442 g/mol. The molecule has 0 spiro atoms. The summed E-state index contributed by atoms with van der Waals surface area (Å²) in [5.74, 6) is 0.905. The molecule has 0 aliphatic carbocycles. The standard InChI is InChI=1S/C19H29BIN2O3/c1-5-15(10-21-20)26-16-7-6-13-8-14(11-24)22-19(25)18(12(2)3)23(4)17(13)9-16/h6-7,9,12,14-15,18,24H,5,8,10-11H2,1-4H3,(H,22,25)/q-1/t14-,15?,18-/m1/s1. The Kier molecular flexibility index (Phi) is 8.07. The third-order valence-corrected chi connectivity index (χ3v) is 6.30. The van der Waals surface area contributed by atoms with Crippen molar-refractivity contribution in [3.63, 3.8) is 0 Å². The molecule has 0 aromatic heterocycles. The average Bonchev–Trinajstić information content (AvgIpc) is 2.60. The Labute approximate surface area is 168 Å². The predicted molar refractivity (Wildman–Crippen MR) is 102 cm³/mol. The molecule has 0 saturated heterocycles. The molecule has 0 bridgehead atoms. The number of aliphatic hydroxyl groups excluding tert-OH is 1. The molecule has 2 rings (SSSR count). The Hall–Kier alpha value is -0.955. The number of hydrogen-bond donors (Lipinski definition) is 2. The molecule has 1 unspecified atom stereocenters. The van der Waals surface area contributed by atoms with Gasteiger partial charge in [-0.05, 0) is 0 Å². The zero-order valence-corrected chi connectivity index (χ0v) is 18.2. The van der Waals surface area contributed by atoms with Gasteiger partial charge in [-0.25, -0.2) is 0 Å². The van der Waals surface area contributed by atoms with Gasteiger partial charge >= 0.3 is 168 Å². The zero-order chi connectivity index (χ0) is 19.3. The number of benzene rings is 1. The molecular formula is C19H29BIN2O3-. The van der Waals surface area contributed by atoms with E-state index in [1.54, 1.807) is 0 Å². The van der Waals surface area contributed by atoms with E-state index in [9.17, 15) is 9.90 Å². The summed E-state index contributed by atoms with van der Waals surface area (Å²) >= 11 is -0.312. The number of carbonyl (C=O) groups excluding carboxylic acids is 1. The number of likely N-dealkylation sites (N-methyl/N-ethyl adjacent to an activating group) is 1. The number of nitrogens with one attached hydrogen (secondary N) is 1. The van der Waals surface area contributed by atoms with Crippen LogP contribution in [0.1, 0.15) is 32.8 Å². The molecule has 3 atom stereocenters. The molecule has 1 aliphatic rings. The first kappa shape index (κ1) is 21.3. The number of nitrogens with zero attached hydrogens (tertiary/aromatic N) is 1. The Morgan fingerprint density at radius 3 is 2.77 bits per heavy atom. The van der Waals surface area contributed by atoms with E-state index in [0.717, 1.165) is 27.8 Å². The van der Waals surface area contributed by atoms with Crippen molar-refractivity contribution in [2.45, 2.75) is 51.8 Å². The third kappa shape index (κ3) is 5.06. The molecule has 1 heterocycles. The Morgan fingerprint density at radius 2 is 2.19 bits per heavy atom. The molecule has 1 amide bonds. The van der Waals surface area contributed by atoms with Crippen LogP contribution < -0.4 is 35.9 Å². The average molecular weight is 471 g/mol. The van der Waals surface area contributed by atoms with E-state index in [1.165, 1.54) is 0 Å². The minimum atomic E-state index is -0.312. The van der Waals surface area contributed by atoms with Crippen molar-refractivity contribution in [3.8, 4) is 5.75 Å². The van der Waals surface area contributed by atoms with E-state index in [4.69, 9.17) is 10.4 Å². The summed E-state index contributed by atoms with van der Waals surface area (Å²) in [4.78, 5) is 14.7. The van der Waals surface area contributed by atoms with Gasteiger partial charge in [0.2, 0.25) is 0 Å². The molecule has 1 aliphatic heterocycles. The normalized spacial score (nSPS) is 21.8. The second-order valence-electron chi connectivity index (χ2n) is 7.14. The maximum atomic E-state index is 12.7. The van der Waals surface area contributed by atoms with Crippen LogP contribution in [-0.4, -0.2) is 53.0 Å². The van der Waals surface area contributed by atoms with E-state index >= 15 is 0 Å². The van der Waals surface area contributed by atoms with Crippen molar-refractivity contribution in [1.82, 2.24) is 5.32 Å². The van der Waals surface area contributed by atoms with Gasteiger partial charge in [-0.3, -0.25) is 0 Å². The Bertz CT molecular complexity index is 614. The molecule has 5 nitrogen and oxygen atoms in total. The van der Waals surface area contributed by atoms with Crippen molar-refractivity contribution in [3.05, 3.63) is 23.8 Å². The molecule has 1 aromatic rings. The Morgan fingerprint density at radius 1 is 1.46 bits per heavy atom. The van der Waals surface area contributed by atoms with E-state index in [-0.39, 0.29) is 57.6 Å². The van der Waals surface area contributed by atoms with Gasteiger partial charge in [0.25, 0.3) is 0 Å². The summed E-state index contributed by atoms with van der Waals surface area (Å²) in [5, 5.41) is 12.6. The summed E-state index contributed by atoms with van der Waals surface area (Å²) in [6, 6.07) is 5.48. The van der Waals surface area contributed by atoms with Gasteiger partial charge in [-0.15, -0.1) is 0 Å². The number of fused-ring (bicyclic) bond motifs is 1. The summed E-state index contributed by atoms with van der Waals surface area (Å²) in [5.41, 5.74) is 7.87. The SMILES string of the molecule is [B][I-]CC(CC)Oc1ccc2c(c1)N(C)[C@H](C(C)C)C(=O)N[C@@H](CO)C2. The zero-order valence-electron chi connectivity index (χ0n) is 16.0. The second kappa shape index (κ2) is 9.83. The van der Waals surface area contributed by atoms with Crippen molar-refractivity contribution >= 4 is 17.3 Å². The van der Waals surface area contributed by atoms with Crippen LogP contribution in [0.2, 0.25) is 0 Å². The van der Waals surface area contributed by atoms with Crippen molar-refractivity contribution in [2.75, 3.05) is 23.0 Å². The quantitative estimate of drug-likeness (QED) is 0.289. The fourth-order valence-corrected chi connectivity index (χ4v) is 4.79. The van der Waals surface area contributed by atoms with Crippen LogP contribution in [0.15, 0.2) is 18.2 Å². The summed E-state index contributed by atoms with van der Waals surface area (Å²) in [6.07, 6.45) is 1.66. The number of hydrogen-bond acceptors (Lipinski definition) is 4. The van der Waals surface area contributed by atoms with E-state index in [0.29, 0.717) is 6.42 Å². The van der Waals surface area contributed by atoms with E-state index < -0.39 is 0 Å². The number of carbonyl (C=O) groups is 1. The van der Waals surface area contributed by atoms with Crippen molar-refractivity contribution in [2.24, 2.45) is 5.92 Å². The van der Waals surface area contributed by atoms with Gasteiger partial charge in [0, 0.05) is 0 Å². The first-order chi connectivity index (χ1) is 12.4. The first-order valence-corrected chi connectivity index (χ1v) is 11.9. The number of ether oxygens (including phenoxy) is 1. The fraction of sp³-hybridized carbons (Fsp3) is 0.632. The number of anilines is 1. The molecule has 26 heavy (non-hydrogen) atoms. The van der Waals surface area contributed by atoms with Crippen molar-refractivity contribution in [1.29, 1.82) is 0 Å².